The van der Waals surface area contributed by atoms with Crippen LogP contribution in [0, 0.1) is 0 Å². The summed E-state index contributed by atoms with van der Waals surface area (Å²) in [7, 11) is 0. The summed E-state index contributed by atoms with van der Waals surface area (Å²) in [6, 6.07) is 5.27. The zero-order valence-corrected chi connectivity index (χ0v) is 15.5. The molecular formula is C18H15ClF3N3O4. The number of allylic oxidation sites excluding steroid dienone is 4. The van der Waals surface area contributed by atoms with Gasteiger partial charge in [0.25, 0.3) is 11.8 Å². The van der Waals surface area contributed by atoms with Gasteiger partial charge in [0.05, 0.1) is 6.61 Å². The van der Waals surface area contributed by atoms with Crippen LogP contribution in [-0.4, -0.2) is 34.1 Å². The number of benzene rings is 1. The van der Waals surface area contributed by atoms with Gasteiger partial charge >= 0.3 is 6.36 Å². The smallest absolute Gasteiger partial charge is 0.410 e. The first-order valence-corrected chi connectivity index (χ1v) is 8.79. The van der Waals surface area contributed by atoms with Gasteiger partial charge < -0.3 is 19.7 Å². The number of nitrogens with zero attached hydrogens (tertiary/aromatic N) is 2. The molecule has 1 aromatic heterocycles. The summed E-state index contributed by atoms with van der Waals surface area (Å²) in [5.41, 5.74) is 0.820. The van der Waals surface area contributed by atoms with Gasteiger partial charge in [-0.2, -0.15) is 4.98 Å². The van der Waals surface area contributed by atoms with E-state index in [1.165, 1.54) is 18.2 Å². The molecule has 1 aromatic carbocycles. The van der Waals surface area contributed by atoms with E-state index in [9.17, 15) is 23.1 Å². The lowest BCUT2D eigenvalue weighted by atomic mass is 10.0. The van der Waals surface area contributed by atoms with Crippen LogP contribution in [0.1, 0.15) is 41.0 Å². The number of amides is 1. The van der Waals surface area contributed by atoms with Crippen molar-refractivity contribution >= 4 is 23.1 Å². The number of aliphatic hydroxyl groups excluding tert-OH is 1. The van der Waals surface area contributed by atoms with Crippen LogP contribution >= 0.6 is 11.6 Å². The monoisotopic (exact) mass is 429 g/mol. The quantitative estimate of drug-likeness (QED) is 0.725. The fourth-order valence-corrected chi connectivity index (χ4v) is 2.79. The van der Waals surface area contributed by atoms with Crippen molar-refractivity contribution < 1.29 is 32.3 Å². The third-order valence-electron chi connectivity index (χ3n) is 3.96. The van der Waals surface area contributed by atoms with Gasteiger partial charge in [0.1, 0.15) is 11.8 Å². The number of carbonyl (C=O) groups excluding carboxylic acids is 1. The van der Waals surface area contributed by atoms with Crippen molar-refractivity contribution in [3.63, 3.8) is 0 Å². The summed E-state index contributed by atoms with van der Waals surface area (Å²) < 4.78 is 45.7. The van der Waals surface area contributed by atoms with Crippen LogP contribution in [0.4, 0.5) is 13.2 Å². The minimum absolute atomic E-state index is 0.0180. The second-order valence-corrected chi connectivity index (χ2v) is 6.48. The summed E-state index contributed by atoms with van der Waals surface area (Å²) in [5.74, 6) is -0.607. The Morgan fingerprint density at radius 3 is 2.76 bits per heavy atom. The molecule has 1 amide bonds. The number of alkyl halides is 3. The van der Waals surface area contributed by atoms with E-state index in [1.54, 1.807) is 18.2 Å². The van der Waals surface area contributed by atoms with E-state index >= 15 is 0 Å². The fourth-order valence-electron chi connectivity index (χ4n) is 2.60. The molecule has 0 saturated carbocycles. The van der Waals surface area contributed by atoms with Crippen LogP contribution in [0.3, 0.4) is 0 Å². The number of aliphatic hydroxyl groups is 1. The van der Waals surface area contributed by atoms with Crippen molar-refractivity contribution in [2.75, 3.05) is 6.61 Å². The van der Waals surface area contributed by atoms with Gasteiger partial charge in [0.2, 0.25) is 0 Å². The number of nitrogens with one attached hydrogen (secondary N) is 1. The van der Waals surface area contributed by atoms with Gasteiger partial charge in [-0.15, -0.1) is 13.2 Å². The molecule has 0 aliphatic heterocycles. The highest BCUT2D eigenvalue weighted by Crippen LogP contribution is 2.30. The standard InChI is InChI=1S/C18H15ClF3N3O4/c19-12-3-1-2-11(8-12)16(27)23-14(9-26)17-24-15(25-29-17)10-4-6-13(7-5-10)28-18(20,21)22/h1-4,6,8,14,26H,5,7,9H2,(H,23,27). The molecule has 2 N–H and O–H groups in total. The predicted octanol–water partition coefficient (Wildman–Crippen LogP) is 3.78. The Kier molecular flexibility index (Phi) is 6.23. The van der Waals surface area contributed by atoms with E-state index in [0.717, 1.165) is 0 Å². The van der Waals surface area contributed by atoms with Crippen LogP contribution in [-0.2, 0) is 4.74 Å². The molecule has 0 saturated heterocycles. The minimum atomic E-state index is -4.74. The molecule has 2 aromatic rings. The maximum atomic E-state index is 12.3. The molecule has 154 valence electrons. The van der Waals surface area contributed by atoms with Gasteiger partial charge in [-0.25, -0.2) is 0 Å². The van der Waals surface area contributed by atoms with Crippen LogP contribution in [0.15, 0.2) is 46.7 Å². The maximum absolute atomic E-state index is 12.3. The molecule has 1 unspecified atom stereocenters. The third-order valence-corrected chi connectivity index (χ3v) is 4.19. The topological polar surface area (TPSA) is 97.5 Å². The van der Waals surface area contributed by atoms with Crippen molar-refractivity contribution in [3.05, 3.63) is 64.5 Å². The molecule has 7 nitrogen and oxygen atoms in total. The number of hydrogen-bond donors (Lipinski definition) is 2. The van der Waals surface area contributed by atoms with Gasteiger partial charge in [0.15, 0.2) is 5.82 Å². The van der Waals surface area contributed by atoms with E-state index in [2.05, 4.69) is 20.2 Å². The van der Waals surface area contributed by atoms with E-state index in [0.29, 0.717) is 10.6 Å². The van der Waals surface area contributed by atoms with Crippen molar-refractivity contribution in [2.24, 2.45) is 0 Å². The predicted molar refractivity (Wildman–Crippen MR) is 95.5 cm³/mol. The number of aromatic nitrogens is 2. The molecule has 0 spiro atoms. The first-order chi connectivity index (χ1) is 13.7. The molecule has 1 atom stereocenters. The second-order valence-electron chi connectivity index (χ2n) is 6.05. The Balaban J connectivity index is 1.70. The van der Waals surface area contributed by atoms with Crippen LogP contribution < -0.4 is 5.32 Å². The van der Waals surface area contributed by atoms with Crippen molar-refractivity contribution in [3.8, 4) is 0 Å². The van der Waals surface area contributed by atoms with Crippen LogP contribution in [0.25, 0.3) is 5.57 Å². The van der Waals surface area contributed by atoms with E-state index < -0.39 is 24.9 Å². The van der Waals surface area contributed by atoms with Crippen molar-refractivity contribution in [1.82, 2.24) is 15.5 Å². The molecule has 29 heavy (non-hydrogen) atoms. The SMILES string of the molecule is O=C(NC(CO)c1nc(C2=CC=C(OC(F)(F)F)CC2)no1)c1cccc(Cl)c1. The number of hydrogen-bond acceptors (Lipinski definition) is 6. The highest BCUT2D eigenvalue weighted by Gasteiger charge is 2.32. The zero-order valence-electron chi connectivity index (χ0n) is 14.7. The fraction of sp³-hybridized carbons (Fsp3) is 0.278. The average Bonchev–Trinajstić information content (AvgIpc) is 3.15. The molecule has 11 heteroatoms. The lowest BCUT2D eigenvalue weighted by molar-refractivity contribution is -0.306. The molecule has 1 aliphatic rings. The molecule has 0 bridgehead atoms. The Morgan fingerprint density at radius 1 is 1.34 bits per heavy atom. The first kappa shape index (κ1) is 20.9. The van der Waals surface area contributed by atoms with Crippen molar-refractivity contribution in [2.45, 2.75) is 25.2 Å². The number of carbonyl (C=O) groups is 1. The Morgan fingerprint density at radius 2 is 2.14 bits per heavy atom. The summed E-state index contributed by atoms with van der Waals surface area (Å²) in [5, 5.41) is 16.3. The normalized spacial score (nSPS) is 15.3. The summed E-state index contributed by atoms with van der Waals surface area (Å²) in [6.07, 6.45) is -1.93. The molecule has 0 radical (unpaired) electrons. The van der Waals surface area contributed by atoms with E-state index in [4.69, 9.17) is 16.1 Å². The third kappa shape index (κ3) is 5.58. The van der Waals surface area contributed by atoms with Gasteiger partial charge in [-0.05, 0) is 30.7 Å². The van der Waals surface area contributed by atoms with E-state index in [-0.39, 0.29) is 35.9 Å². The van der Waals surface area contributed by atoms with Crippen LogP contribution in [0.2, 0.25) is 5.02 Å². The molecule has 0 fully saturated rings. The second kappa shape index (κ2) is 8.66. The van der Waals surface area contributed by atoms with E-state index in [1.807, 2.05) is 0 Å². The number of ether oxygens (including phenoxy) is 1. The van der Waals surface area contributed by atoms with Gasteiger partial charge in [0, 0.05) is 22.6 Å². The Bertz CT molecular complexity index is 956. The molecule has 1 aliphatic carbocycles. The minimum Gasteiger partial charge on any atom is -0.410 e. The van der Waals surface area contributed by atoms with Crippen molar-refractivity contribution in [1.29, 1.82) is 0 Å². The largest absolute Gasteiger partial charge is 0.572 e. The lowest BCUT2D eigenvalue weighted by Gasteiger charge is -2.15. The molecule has 3 rings (SSSR count). The highest BCUT2D eigenvalue weighted by atomic mass is 35.5. The maximum Gasteiger partial charge on any atom is 0.572 e. The first-order valence-electron chi connectivity index (χ1n) is 8.42. The number of rotatable bonds is 6. The van der Waals surface area contributed by atoms with Crippen LogP contribution in [0.5, 0.6) is 0 Å². The lowest BCUT2D eigenvalue weighted by Crippen LogP contribution is -2.31. The van der Waals surface area contributed by atoms with Gasteiger partial charge in [-0.3, -0.25) is 4.79 Å². The average molecular weight is 430 g/mol. The highest BCUT2D eigenvalue weighted by molar-refractivity contribution is 6.30. The van der Waals surface area contributed by atoms with Gasteiger partial charge in [-0.1, -0.05) is 28.9 Å². The summed E-state index contributed by atoms with van der Waals surface area (Å²) in [6.45, 7) is -0.504. The Labute approximate surface area is 167 Å². The molecular weight excluding hydrogens is 415 g/mol. The molecule has 1 heterocycles. The number of halogens is 4. The summed E-state index contributed by atoms with van der Waals surface area (Å²) >= 11 is 5.86. The summed E-state index contributed by atoms with van der Waals surface area (Å²) in [4.78, 5) is 16.4. The zero-order chi connectivity index (χ0) is 21.0. The Hall–Kier alpha value is -2.85.